The molecule has 6 heteroatoms. The van der Waals surface area contributed by atoms with Gasteiger partial charge in [-0.15, -0.1) is 0 Å². The van der Waals surface area contributed by atoms with Gasteiger partial charge < -0.3 is 9.64 Å². The van der Waals surface area contributed by atoms with Crippen LogP contribution in [0.15, 0.2) is 47.4 Å². The Morgan fingerprint density at radius 1 is 1.21 bits per heavy atom. The number of hydrogen-bond donors (Lipinski definition) is 1. The molecule has 2 aromatic carbocycles. The zero-order chi connectivity index (χ0) is 16.7. The number of anilines is 1. The first kappa shape index (κ1) is 15.5. The molecule has 0 bridgehead atoms. The Labute approximate surface area is 142 Å². The molecule has 0 amide bonds. The lowest BCUT2D eigenvalue weighted by Crippen LogP contribution is -2.29. The minimum Gasteiger partial charge on any atom is -0.493 e. The summed E-state index contributed by atoms with van der Waals surface area (Å²) in [5.74, 6) is 1.41. The van der Waals surface area contributed by atoms with Crippen LogP contribution in [-0.2, 0) is 16.4 Å². The van der Waals surface area contributed by atoms with Crippen molar-refractivity contribution in [1.29, 1.82) is 0 Å². The number of hydrogen-bond acceptors (Lipinski definition) is 4. The Bertz CT molecular complexity index is 880. The normalized spacial score (nSPS) is 19.5. The van der Waals surface area contributed by atoms with Crippen LogP contribution < -0.4 is 14.8 Å². The standard InChI is InChI=1S/C18H20N2O3S/c19-24(21,22)15-5-6-17-13(11-15)7-9-20(17)12-14-8-10-23-18-4-2-1-3-16(14)18/h1-6,11,14H,7-10,12H2,(H2,19,21,22)/t14-/m0/s1. The van der Waals surface area contributed by atoms with Gasteiger partial charge in [0, 0.05) is 24.7 Å². The highest BCUT2D eigenvalue weighted by molar-refractivity contribution is 7.89. The third kappa shape index (κ3) is 2.76. The molecule has 0 saturated carbocycles. The highest BCUT2D eigenvalue weighted by Crippen LogP contribution is 2.37. The number of benzene rings is 2. The second-order valence-electron chi connectivity index (χ2n) is 6.40. The summed E-state index contributed by atoms with van der Waals surface area (Å²) in [6.45, 7) is 2.57. The highest BCUT2D eigenvalue weighted by Gasteiger charge is 2.27. The molecule has 2 aliphatic heterocycles. The molecular weight excluding hydrogens is 324 g/mol. The van der Waals surface area contributed by atoms with Gasteiger partial charge in [0.25, 0.3) is 0 Å². The van der Waals surface area contributed by atoms with Crippen molar-refractivity contribution in [3.63, 3.8) is 0 Å². The predicted molar refractivity (Wildman–Crippen MR) is 93.0 cm³/mol. The molecule has 5 nitrogen and oxygen atoms in total. The molecule has 2 heterocycles. The predicted octanol–water partition coefficient (Wildman–Crippen LogP) is 2.26. The van der Waals surface area contributed by atoms with E-state index in [1.54, 1.807) is 12.1 Å². The summed E-state index contributed by atoms with van der Waals surface area (Å²) in [4.78, 5) is 2.54. The van der Waals surface area contributed by atoms with Crippen molar-refractivity contribution in [2.24, 2.45) is 5.14 Å². The monoisotopic (exact) mass is 344 g/mol. The molecule has 24 heavy (non-hydrogen) atoms. The number of para-hydroxylation sites is 1. The van der Waals surface area contributed by atoms with E-state index in [1.807, 2.05) is 18.2 Å². The van der Waals surface area contributed by atoms with E-state index >= 15 is 0 Å². The van der Waals surface area contributed by atoms with E-state index in [1.165, 1.54) is 5.56 Å². The topological polar surface area (TPSA) is 72.6 Å². The van der Waals surface area contributed by atoms with Crippen molar-refractivity contribution < 1.29 is 13.2 Å². The molecule has 0 aliphatic carbocycles. The number of rotatable bonds is 3. The average molecular weight is 344 g/mol. The van der Waals surface area contributed by atoms with Gasteiger partial charge in [0.15, 0.2) is 0 Å². The van der Waals surface area contributed by atoms with Crippen molar-refractivity contribution in [1.82, 2.24) is 0 Å². The summed E-state index contributed by atoms with van der Waals surface area (Å²) >= 11 is 0. The lowest BCUT2D eigenvalue weighted by atomic mass is 9.92. The van der Waals surface area contributed by atoms with Crippen molar-refractivity contribution in [3.8, 4) is 5.75 Å². The summed E-state index contributed by atoms with van der Waals surface area (Å²) in [7, 11) is -3.64. The Morgan fingerprint density at radius 3 is 2.88 bits per heavy atom. The molecule has 0 aromatic heterocycles. The van der Waals surface area contributed by atoms with Crippen LogP contribution >= 0.6 is 0 Å². The van der Waals surface area contributed by atoms with Crippen molar-refractivity contribution >= 4 is 15.7 Å². The number of fused-ring (bicyclic) bond motifs is 2. The van der Waals surface area contributed by atoms with Crippen LogP contribution in [0, 0.1) is 0 Å². The molecule has 0 unspecified atom stereocenters. The average Bonchev–Trinajstić information content (AvgIpc) is 2.97. The van der Waals surface area contributed by atoms with E-state index in [0.717, 1.165) is 49.5 Å². The molecule has 4 rings (SSSR count). The second kappa shape index (κ2) is 5.79. The Balaban J connectivity index is 1.59. The highest BCUT2D eigenvalue weighted by atomic mass is 32.2. The Morgan fingerprint density at radius 2 is 2.04 bits per heavy atom. The van der Waals surface area contributed by atoms with Crippen LogP contribution in [0.2, 0.25) is 0 Å². The zero-order valence-corrected chi connectivity index (χ0v) is 14.1. The molecule has 0 saturated heterocycles. The first-order valence-electron chi connectivity index (χ1n) is 8.15. The number of ether oxygens (including phenoxy) is 1. The van der Waals surface area contributed by atoms with Crippen LogP contribution in [0.3, 0.4) is 0 Å². The first-order chi connectivity index (χ1) is 11.5. The van der Waals surface area contributed by atoms with Crippen molar-refractivity contribution in [2.45, 2.75) is 23.7 Å². The molecule has 2 N–H and O–H groups in total. The Hall–Kier alpha value is -2.05. The van der Waals surface area contributed by atoms with Gasteiger partial charge >= 0.3 is 0 Å². The van der Waals surface area contributed by atoms with E-state index in [-0.39, 0.29) is 4.90 Å². The van der Waals surface area contributed by atoms with Crippen LogP contribution in [-0.4, -0.2) is 28.1 Å². The maximum Gasteiger partial charge on any atom is 0.238 e. The van der Waals surface area contributed by atoms with Gasteiger partial charge in [0.05, 0.1) is 11.5 Å². The van der Waals surface area contributed by atoms with Gasteiger partial charge in [-0.05, 0) is 48.2 Å². The van der Waals surface area contributed by atoms with Gasteiger partial charge in [0.2, 0.25) is 10.0 Å². The smallest absolute Gasteiger partial charge is 0.238 e. The number of nitrogens with zero attached hydrogens (tertiary/aromatic N) is 1. The SMILES string of the molecule is NS(=O)(=O)c1ccc2c(c1)CCN2C[C@@H]1CCOc2ccccc21. The summed E-state index contributed by atoms with van der Waals surface area (Å²) in [5, 5.41) is 5.23. The molecule has 126 valence electrons. The third-order valence-electron chi connectivity index (χ3n) is 4.89. The second-order valence-corrected chi connectivity index (χ2v) is 7.96. The maximum atomic E-state index is 11.5. The summed E-state index contributed by atoms with van der Waals surface area (Å²) in [6, 6.07) is 13.4. The molecule has 2 aliphatic rings. The minimum atomic E-state index is -3.64. The first-order valence-corrected chi connectivity index (χ1v) is 9.69. The van der Waals surface area contributed by atoms with Gasteiger partial charge in [-0.25, -0.2) is 13.6 Å². The fraction of sp³-hybridized carbons (Fsp3) is 0.333. The molecule has 0 spiro atoms. The van der Waals surface area contributed by atoms with Crippen molar-refractivity contribution in [3.05, 3.63) is 53.6 Å². The fourth-order valence-electron chi connectivity index (χ4n) is 3.68. The zero-order valence-electron chi connectivity index (χ0n) is 13.3. The van der Waals surface area contributed by atoms with Crippen LogP contribution in [0.1, 0.15) is 23.5 Å². The summed E-state index contributed by atoms with van der Waals surface area (Å²) in [5.41, 5.74) is 3.44. The lowest BCUT2D eigenvalue weighted by Gasteiger charge is -2.30. The Kier molecular flexibility index (Phi) is 3.73. The quantitative estimate of drug-likeness (QED) is 0.927. The van der Waals surface area contributed by atoms with Gasteiger partial charge in [-0.3, -0.25) is 0 Å². The number of sulfonamides is 1. The lowest BCUT2D eigenvalue weighted by molar-refractivity contribution is 0.268. The summed E-state index contributed by atoms with van der Waals surface area (Å²) < 4.78 is 28.8. The molecule has 0 radical (unpaired) electrons. The van der Waals surface area contributed by atoms with Crippen LogP contribution in [0.25, 0.3) is 0 Å². The van der Waals surface area contributed by atoms with Gasteiger partial charge in [-0.2, -0.15) is 0 Å². The van der Waals surface area contributed by atoms with Crippen molar-refractivity contribution in [2.75, 3.05) is 24.6 Å². The molecule has 1 atom stereocenters. The molecule has 2 aromatic rings. The van der Waals surface area contributed by atoms with E-state index < -0.39 is 10.0 Å². The molecular formula is C18H20N2O3S. The molecule has 0 fully saturated rings. The van der Waals surface area contributed by atoms with Crippen LogP contribution in [0.4, 0.5) is 5.69 Å². The van der Waals surface area contributed by atoms with Gasteiger partial charge in [0.1, 0.15) is 5.75 Å². The van der Waals surface area contributed by atoms with E-state index in [2.05, 4.69) is 17.0 Å². The van der Waals surface area contributed by atoms with E-state index in [0.29, 0.717) is 5.92 Å². The van der Waals surface area contributed by atoms with Crippen LogP contribution in [0.5, 0.6) is 5.75 Å². The van der Waals surface area contributed by atoms with E-state index in [9.17, 15) is 8.42 Å². The number of primary sulfonamides is 1. The fourth-order valence-corrected chi connectivity index (χ4v) is 4.25. The minimum absolute atomic E-state index is 0.194. The largest absolute Gasteiger partial charge is 0.493 e. The summed E-state index contributed by atoms with van der Waals surface area (Å²) in [6.07, 6.45) is 1.85. The number of nitrogens with two attached hydrogens (primary N) is 1. The maximum absolute atomic E-state index is 11.5. The van der Waals surface area contributed by atoms with E-state index in [4.69, 9.17) is 9.88 Å². The third-order valence-corrected chi connectivity index (χ3v) is 5.81. The van der Waals surface area contributed by atoms with Gasteiger partial charge in [-0.1, -0.05) is 18.2 Å².